The summed E-state index contributed by atoms with van der Waals surface area (Å²) in [5.74, 6) is -0.917. The second-order valence-electron chi connectivity index (χ2n) is 5.46. The molecule has 3 rings (SSSR count). The van der Waals surface area contributed by atoms with Crippen molar-refractivity contribution >= 4 is 57.2 Å². The first-order chi connectivity index (χ1) is 12.0. The molecule has 0 radical (unpaired) electrons. The zero-order chi connectivity index (χ0) is 18.0. The summed E-state index contributed by atoms with van der Waals surface area (Å²) in [6.45, 7) is 0.587. The van der Waals surface area contributed by atoms with Crippen molar-refractivity contribution in [1.82, 2.24) is 10.2 Å². The van der Waals surface area contributed by atoms with Gasteiger partial charge in [-0.2, -0.15) is 0 Å². The standard InChI is InChI=1S/C15H14Cl2N4O3S/c1-24-7-12-19-20-15(25-12)18-14(23)8-2-13(22)21(6-8)11-4-9(16)3-10(17)5-11/h3-5,8H,2,6-7H2,1H3,(H,18,20,23)/t8-/m1/s1. The Morgan fingerprint density at radius 2 is 2.08 bits per heavy atom. The number of amides is 2. The molecule has 1 atom stereocenters. The quantitative estimate of drug-likeness (QED) is 0.833. The molecule has 0 unspecified atom stereocenters. The summed E-state index contributed by atoms with van der Waals surface area (Å²) < 4.78 is 4.96. The minimum atomic E-state index is -0.486. The predicted molar refractivity (Wildman–Crippen MR) is 96.2 cm³/mol. The predicted octanol–water partition coefficient (Wildman–Crippen LogP) is 2.98. The van der Waals surface area contributed by atoms with E-state index in [2.05, 4.69) is 15.5 Å². The number of rotatable bonds is 5. The van der Waals surface area contributed by atoms with Gasteiger partial charge >= 0.3 is 0 Å². The highest BCUT2D eigenvalue weighted by molar-refractivity contribution is 7.15. The average Bonchev–Trinajstić information content (AvgIpc) is 3.13. The molecule has 1 N–H and O–H groups in total. The summed E-state index contributed by atoms with van der Waals surface area (Å²) in [5, 5.41) is 12.4. The van der Waals surface area contributed by atoms with Gasteiger partial charge in [-0.25, -0.2) is 0 Å². The van der Waals surface area contributed by atoms with Gasteiger partial charge in [0.2, 0.25) is 16.9 Å². The van der Waals surface area contributed by atoms with Gasteiger partial charge in [-0.1, -0.05) is 34.5 Å². The lowest BCUT2D eigenvalue weighted by Gasteiger charge is -2.17. The third-order valence-electron chi connectivity index (χ3n) is 3.62. The fourth-order valence-corrected chi connectivity index (χ4v) is 3.75. The van der Waals surface area contributed by atoms with Crippen LogP contribution >= 0.6 is 34.5 Å². The molecule has 1 aromatic carbocycles. The molecule has 10 heteroatoms. The molecule has 1 aliphatic rings. The van der Waals surface area contributed by atoms with E-state index in [1.165, 1.54) is 16.2 Å². The van der Waals surface area contributed by atoms with Crippen LogP contribution in [0, 0.1) is 5.92 Å². The maximum absolute atomic E-state index is 12.4. The number of anilines is 2. The summed E-state index contributed by atoms with van der Waals surface area (Å²) in [5.41, 5.74) is 0.580. The number of aromatic nitrogens is 2. The summed E-state index contributed by atoms with van der Waals surface area (Å²) >= 11 is 13.2. The summed E-state index contributed by atoms with van der Waals surface area (Å²) in [6, 6.07) is 4.88. The number of hydrogen-bond donors (Lipinski definition) is 1. The van der Waals surface area contributed by atoms with Crippen LogP contribution in [-0.4, -0.2) is 35.7 Å². The van der Waals surface area contributed by atoms with Crippen LogP contribution in [-0.2, 0) is 20.9 Å². The summed E-state index contributed by atoms with van der Waals surface area (Å²) in [4.78, 5) is 26.2. The minimum absolute atomic E-state index is 0.111. The van der Waals surface area contributed by atoms with Crippen molar-refractivity contribution in [2.24, 2.45) is 5.92 Å². The van der Waals surface area contributed by atoms with Crippen molar-refractivity contribution in [2.75, 3.05) is 23.9 Å². The topological polar surface area (TPSA) is 84.4 Å². The fraction of sp³-hybridized carbons (Fsp3) is 0.333. The first kappa shape index (κ1) is 18.1. The van der Waals surface area contributed by atoms with Crippen molar-refractivity contribution in [3.05, 3.63) is 33.3 Å². The highest BCUT2D eigenvalue weighted by Crippen LogP contribution is 2.31. The molecule has 25 heavy (non-hydrogen) atoms. The molecule has 0 bridgehead atoms. The third-order valence-corrected chi connectivity index (χ3v) is 4.87. The number of halogens is 2. The van der Waals surface area contributed by atoms with Gasteiger partial charge in [0.25, 0.3) is 0 Å². The van der Waals surface area contributed by atoms with Crippen LogP contribution in [0.4, 0.5) is 10.8 Å². The SMILES string of the molecule is COCc1nnc(NC(=O)[C@@H]2CC(=O)N(c3cc(Cl)cc(Cl)c3)C2)s1. The van der Waals surface area contributed by atoms with Gasteiger partial charge in [0, 0.05) is 35.8 Å². The molecule has 2 heterocycles. The van der Waals surface area contributed by atoms with Crippen LogP contribution in [0.1, 0.15) is 11.4 Å². The van der Waals surface area contributed by atoms with Crippen LogP contribution in [0.15, 0.2) is 18.2 Å². The van der Waals surface area contributed by atoms with E-state index in [-0.39, 0.29) is 24.8 Å². The van der Waals surface area contributed by atoms with E-state index >= 15 is 0 Å². The lowest BCUT2D eigenvalue weighted by molar-refractivity contribution is -0.122. The number of ether oxygens (including phenoxy) is 1. The van der Waals surface area contributed by atoms with Gasteiger partial charge in [0.15, 0.2) is 0 Å². The molecule has 1 saturated heterocycles. The molecule has 1 aliphatic heterocycles. The molecule has 2 aromatic rings. The number of carbonyl (C=O) groups is 2. The Kier molecular flexibility index (Phi) is 5.53. The lowest BCUT2D eigenvalue weighted by Crippen LogP contribution is -2.28. The van der Waals surface area contributed by atoms with Crippen LogP contribution in [0.25, 0.3) is 0 Å². The molecule has 7 nitrogen and oxygen atoms in total. The van der Waals surface area contributed by atoms with Crippen molar-refractivity contribution in [2.45, 2.75) is 13.0 Å². The molecular weight excluding hydrogens is 387 g/mol. The van der Waals surface area contributed by atoms with E-state index in [0.717, 1.165) is 0 Å². The van der Waals surface area contributed by atoms with E-state index < -0.39 is 5.92 Å². The van der Waals surface area contributed by atoms with Crippen molar-refractivity contribution in [3.63, 3.8) is 0 Å². The van der Waals surface area contributed by atoms with Crippen molar-refractivity contribution in [1.29, 1.82) is 0 Å². The molecule has 132 valence electrons. The Labute approximate surface area is 157 Å². The smallest absolute Gasteiger partial charge is 0.231 e. The zero-order valence-corrected chi connectivity index (χ0v) is 15.5. The van der Waals surface area contributed by atoms with Gasteiger partial charge in [0.05, 0.1) is 5.92 Å². The average molecular weight is 401 g/mol. The van der Waals surface area contributed by atoms with Crippen LogP contribution in [0.2, 0.25) is 10.0 Å². The highest BCUT2D eigenvalue weighted by atomic mass is 35.5. The second kappa shape index (κ2) is 7.65. The first-order valence-electron chi connectivity index (χ1n) is 7.35. The van der Waals surface area contributed by atoms with Crippen LogP contribution < -0.4 is 10.2 Å². The maximum Gasteiger partial charge on any atom is 0.231 e. The molecule has 1 aromatic heterocycles. The molecular formula is C15H14Cl2N4O3S. The summed E-state index contributed by atoms with van der Waals surface area (Å²) in [6.07, 6.45) is 0.111. The highest BCUT2D eigenvalue weighted by Gasteiger charge is 2.35. The monoisotopic (exact) mass is 400 g/mol. The van der Waals surface area contributed by atoms with E-state index in [1.807, 2.05) is 0 Å². The Balaban J connectivity index is 1.67. The van der Waals surface area contributed by atoms with Crippen LogP contribution in [0.3, 0.4) is 0 Å². The number of benzene rings is 1. The van der Waals surface area contributed by atoms with Gasteiger partial charge in [-0.05, 0) is 18.2 Å². The Morgan fingerprint density at radius 3 is 2.76 bits per heavy atom. The van der Waals surface area contributed by atoms with Crippen molar-refractivity contribution < 1.29 is 14.3 Å². The number of hydrogen-bond acceptors (Lipinski definition) is 6. The third kappa shape index (κ3) is 4.27. The molecule has 0 saturated carbocycles. The van der Waals surface area contributed by atoms with E-state index in [4.69, 9.17) is 27.9 Å². The molecule has 2 amide bonds. The molecule has 1 fully saturated rings. The van der Waals surface area contributed by atoms with Gasteiger partial charge < -0.3 is 15.0 Å². The first-order valence-corrected chi connectivity index (χ1v) is 8.92. The second-order valence-corrected chi connectivity index (χ2v) is 7.39. The Hall–Kier alpha value is -1.74. The molecule has 0 aliphatic carbocycles. The fourth-order valence-electron chi connectivity index (χ4n) is 2.52. The zero-order valence-electron chi connectivity index (χ0n) is 13.2. The number of nitrogens with zero attached hydrogens (tertiary/aromatic N) is 3. The lowest BCUT2D eigenvalue weighted by atomic mass is 10.1. The summed E-state index contributed by atoms with van der Waals surface area (Å²) in [7, 11) is 1.56. The number of methoxy groups -OCH3 is 1. The minimum Gasteiger partial charge on any atom is -0.377 e. The molecule has 0 spiro atoms. The van der Waals surface area contributed by atoms with Crippen molar-refractivity contribution in [3.8, 4) is 0 Å². The van der Waals surface area contributed by atoms with Gasteiger partial charge in [-0.3, -0.25) is 9.59 Å². The van der Waals surface area contributed by atoms with E-state index in [1.54, 1.807) is 25.3 Å². The van der Waals surface area contributed by atoms with Gasteiger partial charge in [0.1, 0.15) is 11.6 Å². The number of nitrogens with one attached hydrogen (secondary N) is 1. The maximum atomic E-state index is 12.4. The number of carbonyl (C=O) groups excluding carboxylic acids is 2. The van der Waals surface area contributed by atoms with Crippen LogP contribution in [0.5, 0.6) is 0 Å². The largest absolute Gasteiger partial charge is 0.377 e. The van der Waals surface area contributed by atoms with E-state index in [0.29, 0.717) is 32.5 Å². The van der Waals surface area contributed by atoms with Gasteiger partial charge in [-0.15, -0.1) is 10.2 Å². The van der Waals surface area contributed by atoms with E-state index in [9.17, 15) is 9.59 Å². The normalized spacial score (nSPS) is 17.2. The Bertz CT molecular complexity index is 794. The Morgan fingerprint density at radius 1 is 1.36 bits per heavy atom.